The molecule has 1 heterocycles. The molecule has 1 N–H and O–H groups in total. The third-order valence-electron chi connectivity index (χ3n) is 4.81. The number of nitrogens with one attached hydrogen (secondary N) is 1. The molecule has 0 aliphatic carbocycles. The minimum absolute atomic E-state index is 0.200. The van der Waals surface area contributed by atoms with Crippen LogP contribution in [0.3, 0.4) is 0 Å². The summed E-state index contributed by atoms with van der Waals surface area (Å²) in [5.74, 6) is -1.30. The Bertz CT molecular complexity index is 1120. The van der Waals surface area contributed by atoms with Crippen molar-refractivity contribution < 1.29 is 18.4 Å². The molecule has 1 saturated heterocycles. The van der Waals surface area contributed by atoms with Crippen LogP contribution >= 0.6 is 11.8 Å². The molecule has 30 heavy (non-hydrogen) atoms. The Hall–Kier alpha value is -3.19. The van der Waals surface area contributed by atoms with E-state index in [1.807, 2.05) is 6.92 Å². The maximum atomic E-state index is 14.5. The second kappa shape index (κ2) is 8.28. The smallest absolute Gasteiger partial charge is 0.255 e. The lowest BCUT2D eigenvalue weighted by Crippen LogP contribution is -2.29. The van der Waals surface area contributed by atoms with Crippen molar-refractivity contribution in [1.29, 1.82) is 0 Å². The van der Waals surface area contributed by atoms with Crippen LogP contribution in [-0.4, -0.2) is 17.6 Å². The lowest BCUT2D eigenvalue weighted by Gasteiger charge is -2.26. The van der Waals surface area contributed by atoms with Crippen LogP contribution in [-0.2, 0) is 4.79 Å². The highest BCUT2D eigenvalue weighted by Crippen LogP contribution is 2.45. The third-order valence-corrected chi connectivity index (χ3v) is 6.00. The molecule has 0 bridgehead atoms. The Morgan fingerprint density at radius 2 is 1.80 bits per heavy atom. The number of carbonyl (C=O) groups is 2. The second-order valence-electron chi connectivity index (χ2n) is 6.93. The van der Waals surface area contributed by atoms with E-state index in [1.165, 1.54) is 47.0 Å². The van der Waals surface area contributed by atoms with E-state index in [0.29, 0.717) is 16.8 Å². The lowest BCUT2D eigenvalue weighted by molar-refractivity contribution is -0.115. The van der Waals surface area contributed by atoms with E-state index in [2.05, 4.69) is 5.32 Å². The Labute approximate surface area is 176 Å². The number of hydrogen-bond donors (Lipinski definition) is 1. The van der Waals surface area contributed by atoms with Crippen molar-refractivity contribution in [3.8, 4) is 0 Å². The Balaban J connectivity index is 1.68. The molecule has 1 fully saturated rings. The molecule has 1 aliphatic heterocycles. The largest absolute Gasteiger partial charge is 0.322 e. The summed E-state index contributed by atoms with van der Waals surface area (Å²) >= 11 is 1.37. The van der Waals surface area contributed by atoms with Crippen molar-refractivity contribution in [3.05, 3.63) is 95.1 Å². The molecule has 1 unspecified atom stereocenters. The first-order valence-corrected chi connectivity index (χ1v) is 10.3. The van der Waals surface area contributed by atoms with Gasteiger partial charge in [-0.1, -0.05) is 24.3 Å². The first-order chi connectivity index (χ1) is 14.4. The van der Waals surface area contributed by atoms with E-state index >= 15 is 0 Å². The van der Waals surface area contributed by atoms with E-state index in [1.54, 1.807) is 36.4 Å². The van der Waals surface area contributed by atoms with Crippen molar-refractivity contribution in [2.75, 3.05) is 16.0 Å². The monoisotopic (exact) mass is 424 g/mol. The third kappa shape index (κ3) is 3.93. The highest BCUT2D eigenvalue weighted by Gasteiger charge is 2.36. The standard InChI is InChI=1S/C23H18F2N2O2S/c1-14-6-11-18(25)20(12-14)27-21(28)13-30-23(27)17-4-2-3-5-19(17)26-22(29)15-7-9-16(24)10-8-15/h2-12,23H,13H2,1H3,(H,26,29). The molecule has 152 valence electrons. The SMILES string of the molecule is Cc1ccc(F)c(N2C(=O)CSC2c2ccccc2NC(=O)c2ccc(F)cc2)c1. The first-order valence-electron chi connectivity index (χ1n) is 9.29. The van der Waals surface area contributed by atoms with E-state index in [4.69, 9.17) is 0 Å². The van der Waals surface area contributed by atoms with Gasteiger partial charge in [0.15, 0.2) is 0 Å². The molecule has 0 radical (unpaired) electrons. The first kappa shape index (κ1) is 20.1. The van der Waals surface area contributed by atoms with Gasteiger partial charge in [-0.05, 0) is 55.0 Å². The topological polar surface area (TPSA) is 49.4 Å². The van der Waals surface area contributed by atoms with Crippen LogP contribution in [0.1, 0.15) is 26.9 Å². The predicted molar refractivity (Wildman–Crippen MR) is 115 cm³/mol. The van der Waals surface area contributed by atoms with Gasteiger partial charge in [-0.15, -0.1) is 11.8 Å². The number of nitrogens with zero attached hydrogens (tertiary/aromatic N) is 1. The number of thioether (sulfide) groups is 1. The van der Waals surface area contributed by atoms with Gasteiger partial charge in [-0.25, -0.2) is 8.78 Å². The van der Waals surface area contributed by atoms with Gasteiger partial charge in [0, 0.05) is 16.8 Å². The summed E-state index contributed by atoms with van der Waals surface area (Å²) in [5.41, 5.74) is 2.56. The lowest BCUT2D eigenvalue weighted by atomic mass is 10.1. The van der Waals surface area contributed by atoms with Crippen molar-refractivity contribution >= 4 is 35.0 Å². The normalized spacial score (nSPS) is 16.0. The number of para-hydroxylation sites is 1. The molecule has 1 atom stereocenters. The zero-order valence-electron chi connectivity index (χ0n) is 16.1. The van der Waals surface area contributed by atoms with Crippen LogP contribution in [0.5, 0.6) is 0 Å². The summed E-state index contributed by atoms with van der Waals surface area (Å²) in [6, 6.07) is 17.0. The summed E-state index contributed by atoms with van der Waals surface area (Å²) in [7, 11) is 0. The number of rotatable bonds is 4. The second-order valence-corrected chi connectivity index (χ2v) is 8.00. The van der Waals surface area contributed by atoms with Gasteiger partial charge in [0.2, 0.25) is 5.91 Å². The molecule has 4 nitrogen and oxygen atoms in total. The van der Waals surface area contributed by atoms with Gasteiger partial charge in [0.25, 0.3) is 5.91 Å². The van der Waals surface area contributed by atoms with Crippen molar-refractivity contribution in [3.63, 3.8) is 0 Å². The van der Waals surface area contributed by atoms with E-state index < -0.39 is 22.9 Å². The predicted octanol–water partition coefficient (Wildman–Crippen LogP) is 5.30. The van der Waals surface area contributed by atoms with Gasteiger partial charge < -0.3 is 5.32 Å². The zero-order chi connectivity index (χ0) is 21.3. The maximum absolute atomic E-state index is 14.5. The number of carbonyl (C=O) groups excluding carboxylic acids is 2. The molecule has 0 aromatic heterocycles. The highest BCUT2D eigenvalue weighted by molar-refractivity contribution is 8.00. The number of benzene rings is 3. The molecule has 3 aromatic rings. The molecule has 4 rings (SSSR count). The van der Waals surface area contributed by atoms with Crippen molar-refractivity contribution in [2.24, 2.45) is 0 Å². The Morgan fingerprint density at radius 3 is 2.57 bits per heavy atom. The zero-order valence-corrected chi connectivity index (χ0v) is 16.9. The summed E-state index contributed by atoms with van der Waals surface area (Å²) in [5, 5.41) is 2.34. The maximum Gasteiger partial charge on any atom is 0.255 e. The highest BCUT2D eigenvalue weighted by atomic mass is 32.2. The molecular weight excluding hydrogens is 406 g/mol. The van der Waals surface area contributed by atoms with Crippen molar-refractivity contribution in [1.82, 2.24) is 0 Å². The Kier molecular flexibility index (Phi) is 5.55. The molecule has 7 heteroatoms. The summed E-state index contributed by atoms with van der Waals surface area (Å²) in [6.45, 7) is 1.84. The van der Waals surface area contributed by atoms with Crippen LogP contribution in [0.15, 0.2) is 66.7 Å². The summed E-state index contributed by atoms with van der Waals surface area (Å²) in [6.07, 6.45) is 0. The molecule has 1 aliphatic rings. The van der Waals surface area contributed by atoms with E-state index in [0.717, 1.165) is 5.56 Å². The van der Waals surface area contributed by atoms with Crippen LogP contribution in [0.25, 0.3) is 0 Å². The number of anilines is 2. The summed E-state index contributed by atoms with van der Waals surface area (Å²) < 4.78 is 27.7. The number of hydrogen-bond acceptors (Lipinski definition) is 3. The van der Waals surface area contributed by atoms with E-state index in [9.17, 15) is 18.4 Å². The van der Waals surface area contributed by atoms with Crippen molar-refractivity contribution in [2.45, 2.75) is 12.3 Å². The van der Waals surface area contributed by atoms with Gasteiger partial charge in [-0.3, -0.25) is 14.5 Å². The minimum Gasteiger partial charge on any atom is -0.322 e. The summed E-state index contributed by atoms with van der Waals surface area (Å²) in [4.78, 5) is 26.7. The number of halogens is 2. The van der Waals surface area contributed by atoms with Gasteiger partial charge in [-0.2, -0.15) is 0 Å². The van der Waals surface area contributed by atoms with Crippen LogP contribution in [0.2, 0.25) is 0 Å². The Morgan fingerprint density at radius 1 is 1.07 bits per heavy atom. The fourth-order valence-corrected chi connectivity index (χ4v) is 4.55. The fourth-order valence-electron chi connectivity index (χ4n) is 3.34. The minimum atomic E-state index is -0.487. The van der Waals surface area contributed by atoms with Gasteiger partial charge >= 0.3 is 0 Å². The van der Waals surface area contributed by atoms with Crippen LogP contribution in [0.4, 0.5) is 20.2 Å². The number of aryl methyl sites for hydroxylation is 1. The number of amides is 2. The van der Waals surface area contributed by atoms with E-state index in [-0.39, 0.29) is 17.3 Å². The van der Waals surface area contributed by atoms with Crippen LogP contribution < -0.4 is 10.2 Å². The van der Waals surface area contributed by atoms with Gasteiger partial charge in [0.1, 0.15) is 17.0 Å². The average molecular weight is 424 g/mol. The average Bonchev–Trinajstić information content (AvgIpc) is 3.11. The quantitative estimate of drug-likeness (QED) is 0.618. The van der Waals surface area contributed by atoms with Crippen LogP contribution in [0, 0.1) is 18.6 Å². The molecule has 3 aromatic carbocycles. The fraction of sp³-hybridized carbons (Fsp3) is 0.130. The molecule has 0 saturated carbocycles. The molecule has 2 amide bonds. The van der Waals surface area contributed by atoms with Gasteiger partial charge in [0.05, 0.1) is 11.4 Å². The molecular formula is C23H18F2N2O2S. The molecule has 0 spiro atoms.